The zero-order valence-electron chi connectivity index (χ0n) is 10.4. The van der Waals surface area contributed by atoms with Crippen LogP contribution in [0.1, 0.15) is 29.6 Å². The molecule has 1 atom stereocenters. The molecule has 2 rings (SSSR count). The van der Waals surface area contributed by atoms with Gasteiger partial charge in [-0.3, -0.25) is 4.79 Å². The van der Waals surface area contributed by atoms with Crippen molar-refractivity contribution in [1.82, 2.24) is 5.32 Å². The molecule has 0 bridgehead atoms. The average Bonchev–Trinajstić information content (AvgIpc) is 2.95. The first kappa shape index (κ1) is 13.3. The van der Waals surface area contributed by atoms with Crippen LogP contribution in [0.15, 0.2) is 29.0 Å². The summed E-state index contributed by atoms with van der Waals surface area (Å²) in [6.07, 6.45) is 0. The molecule has 1 amide bonds. The molecule has 2 heterocycles. The van der Waals surface area contributed by atoms with Gasteiger partial charge in [0.25, 0.3) is 0 Å². The average molecular weight is 280 g/mol. The van der Waals surface area contributed by atoms with Crippen molar-refractivity contribution in [2.24, 2.45) is 0 Å². The van der Waals surface area contributed by atoms with Crippen LogP contribution in [-0.4, -0.2) is 5.91 Å². The quantitative estimate of drug-likeness (QED) is 0.878. The minimum atomic E-state index is -0.0269. The van der Waals surface area contributed by atoms with E-state index in [1.807, 2.05) is 11.4 Å². The molecular formula is C13H16N2OS2. The molecule has 0 fully saturated rings. The molecule has 0 radical (unpaired) electrons. The molecule has 3 nitrogen and oxygen atoms in total. The third-order valence-electron chi connectivity index (χ3n) is 2.59. The van der Waals surface area contributed by atoms with E-state index in [4.69, 9.17) is 0 Å². The molecule has 0 aromatic carbocycles. The van der Waals surface area contributed by atoms with Gasteiger partial charge in [-0.2, -0.15) is 0 Å². The number of nitrogens with one attached hydrogen (secondary N) is 2. The number of hydrogen-bond acceptors (Lipinski definition) is 4. The summed E-state index contributed by atoms with van der Waals surface area (Å²) in [5, 5.41) is 10.4. The van der Waals surface area contributed by atoms with Crippen molar-refractivity contribution in [3.05, 3.63) is 38.7 Å². The first-order valence-corrected chi connectivity index (χ1v) is 7.53. The molecule has 2 aromatic heterocycles. The van der Waals surface area contributed by atoms with E-state index in [9.17, 15) is 4.79 Å². The monoisotopic (exact) mass is 280 g/mol. The molecule has 0 saturated heterocycles. The number of thiophene rings is 2. The molecule has 5 heteroatoms. The third kappa shape index (κ3) is 3.41. The number of carbonyl (C=O) groups is 1. The van der Waals surface area contributed by atoms with Gasteiger partial charge in [0.15, 0.2) is 0 Å². The predicted molar refractivity (Wildman–Crippen MR) is 78.2 cm³/mol. The second-order valence-electron chi connectivity index (χ2n) is 4.06. The lowest BCUT2D eigenvalue weighted by atomic mass is 10.2. The smallest absolute Gasteiger partial charge is 0.221 e. The van der Waals surface area contributed by atoms with Gasteiger partial charge in [-0.15, -0.1) is 22.7 Å². The summed E-state index contributed by atoms with van der Waals surface area (Å²) in [7, 11) is 0. The minimum absolute atomic E-state index is 0.0269. The Morgan fingerprint density at radius 3 is 2.83 bits per heavy atom. The summed E-state index contributed by atoms with van der Waals surface area (Å²) in [5.74, 6) is -0.0269. The topological polar surface area (TPSA) is 41.1 Å². The minimum Gasteiger partial charge on any atom is -0.325 e. The Kier molecular flexibility index (Phi) is 4.52. The first-order valence-electron chi connectivity index (χ1n) is 5.77. The van der Waals surface area contributed by atoms with E-state index in [1.165, 1.54) is 11.8 Å². The van der Waals surface area contributed by atoms with Crippen LogP contribution in [0.2, 0.25) is 0 Å². The van der Waals surface area contributed by atoms with Gasteiger partial charge in [-0.25, -0.2) is 0 Å². The maximum atomic E-state index is 11.1. The van der Waals surface area contributed by atoms with Crippen molar-refractivity contribution in [2.45, 2.75) is 26.4 Å². The molecule has 2 N–H and O–H groups in total. The molecule has 96 valence electrons. The molecule has 0 unspecified atom stereocenters. The zero-order valence-corrected chi connectivity index (χ0v) is 12.0. The highest BCUT2D eigenvalue weighted by atomic mass is 32.1. The van der Waals surface area contributed by atoms with Crippen LogP contribution < -0.4 is 10.6 Å². The number of amides is 1. The summed E-state index contributed by atoms with van der Waals surface area (Å²) >= 11 is 3.41. The summed E-state index contributed by atoms with van der Waals surface area (Å²) in [6, 6.07) is 6.47. The van der Waals surface area contributed by atoms with Crippen LogP contribution in [0, 0.1) is 0 Å². The van der Waals surface area contributed by atoms with E-state index in [1.54, 1.807) is 22.7 Å². The van der Waals surface area contributed by atoms with Crippen molar-refractivity contribution in [1.29, 1.82) is 0 Å². The SMILES string of the molecule is CC(=O)Nc1ccsc1CN[C@@H](C)c1cccs1. The lowest BCUT2D eigenvalue weighted by molar-refractivity contribution is -0.114. The number of anilines is 1. The van der Waals surface area contributed by atoms with E-state index < -0.39 is 0 Å². The molecule has 0 aliphatic carbocycles. The maximum Gasteiger partial charge on any atom is 0.221 e. The predicted octanol–water partition coefficient (Wildman–Crippen LogP) is 3.62. The normalized spacial score (nSPS) is 12.3. The van der Waals surface area contributed by atoms with Crippen LogP contribution in [0.5, 0.6) is 0 Å². The summed E-state index contributed by atoms with van der Waals surface area (Å²) < 4.78 is 0. The van der Waals surface area contributed by atoms with Crippen LogP contribution in [0.25, 0.3) is 0 Å². The van der Waals surface area contributed by atoms with E-state index >= 15 is 0 Å². The van der Waals surface area contributed by atoms with E-state index in [0.29, 0.717) is 6.04 Å². The Morgan fingerprint density at radius 1 is 1.33 bits per heavy atom. The van der Waals surface area contributed by atoms with Crippen LogP contribution in [0.3, 0.4) is 0 Å². The Balaban J connectivity index is 1.94. The van der Waals surface area contributed by atoms with Gasteiger partial charge in [0, 0.05) is 29.3 Å². The van der Waals surface area contributed by atoms with Crippen molar-refractivity contribution < 1.29 is 4.79 Å². The van der Waals surface area contributed by atoms with Crippen molar-refractivity contribution >= 4 is 34.3 Å². The molecule has 0 spiro atoms. The van der Waals surface area contributed by atoms with E-state index in [2.05, 4.69) is 35.1 Å². The zero-order chi connectivity index (χ0) is 13.0. The lowest BCUT2D eigenvalue weighted by Crippen LogP contribution is -2.17. The lowest BCUT2D eigenvalue weighted by Gasteiger charge is -2.12. The van der Waals surface area contributed by atoms with Crippen LogP contribution >= 0.6 is 22.7 Å². The van der Waals surface area contributed by atoms with E-state index in [0.717, 1.165) is 17.1 Å². The molecular weight excluding hydrogens is 264 g/mol. The molecule has 2 aromatic rings. The van der Waals surface area contributed by atoms with Crippen molar-refractivity contribution in [3.63, 3.8) is 0 Å². The summed E-state index contributed by atoms with van der Waals surface area (Å²) in [5.41, 5.74) is 0.915. The van der Waals surface area contributed by atoms with Crippen LogP contribution in [0.4, 0.5) is 5.69 Å². The van der Waals surface area contributed by atoms with Gasteiger partial charge in [-0.05, 0) is 29.8 Å². The van der Waals surface area contributed by atoms with Gasteiger partial charge < -0.3 is 10.6 Å². The number of carbonyl (C=O) groups excluding carboxylic acids is 1. The largest absolute Gasteiger partial charge is 0.325 e. The van der Waals surface area contributed by atoms with Gasteiger partial charge in [0.05, 0.1) is 5.69 Å². The second kappa shape index (κ2) is 6.13. The fourth-order valence-electron chi connectivity index (χ4n) is 1.66. The molecule has 18 heavy (non-hydrogen) atoms. The van der Waals surface area contributed by atoms with Crippen LogP contribution in [-0.2, 0) is 11.3 Å². The van der Waals surface area contributed by atoms with E-state index in [-0.39, 0.29) is 5.91 Å². The first-order chi connectivity index (χ1) is 8.66. The maximum absolute atomic E-state index is 11.1. The number of hydrogen-bond donors (Lipinski definition) is 2. The van der Waals surface area contributed by atoms with Gasteiger partial charge >= 0.3 is 0 Å². The van der Waals surface area contributed by atoms with Crippen molar-refractivity contribution in [3.8, 4) is 0 Å². The standard InChI is InChI=1S/C13H16N2OS2/c1-9(12-4-3-6-17-12)14-8-13-11(5-7-18-13)15-10(2)16/h3-7,9,14H,8H2,1-2H3,(H,15,16)/t9-/m0/s1. The Bertz CT molecular complexity index is 505. The Labute approximate surface area is 115 Å². The second-order valence-corrected chi connectivity index (χ2v) is 6.04. The Hall–Kier alpha value is -1.17. The third-order valence-corrected chi connectivity index (χ3v) is 4.57. The van der Waals surface area contributed by atoms with Crippen molar-refractivity contribution in [2.75, 3.05) is 5.32 Å². The summed E-state index contributed by atoms with van der Waals surface area (Å²) in [6.45, 7) is 4.45. The summed E-state index contributed by atoms with van der Waals surface area (Å²) in [4.78, 5) is 13.6. The highest BCUT2D eigenvalue weighted by Crippen LogP contribution is 2.24. The molecule has 0 saturated carbocycles. The highest BCUT2D eigenvalue weighted by molar-refractivity contribution is 7.10. The Morgan fingerprint density at radius 2 is 2.17 bits per heavy atom. The molecule has 0 aliphatic heterocycles. The van der Waals surface area contributed by atoms with Gasteiger partial charge in [-0.1, -0.05) is 6.07 Å². The molecule has 0 aliphatic rings. The number of rotatable bonds is 5. The highest BCUT2D eigenvalue weighted by Gasteiger charge is 2.09. The fourth-order valence-corrected chi connectivity index (χ4v) is 3.20. The fraction of sp³-hybridized carbons (Fsp3) is 0.308. The van der Waals surface area contributed by atoms with Gasteiger partial charge in [0.1, 0.15) is 0 Å². The van der Waals surface area contributed by atoms with Gasteiger partial charge in [0.2, 0.25) is 5.91 Å².